The highest BCUT2D eigenvalue weighted by molar-refractivity contribution is 6.32. The zero-order chi connectivity index (χ0) is 25.2. The maximum absolute atomic E-state index is 12.8. The molecule has 35 heavy (non-hydrogen) atoms. The Morgan fingerprint density at radius 1 is 1.11 bits per heavy atom. The number of aryl methyl sites for hydroxylation is 1. The summed E-state index contributed by atoms with van der Waals surface area (Å²) in [6.45, 7) is 5.23. The van der Waals surface area contributed by atoms with Crippen LogP contribution in [0.5, 0.6) is 5.75 Å². The number of benzene rings is 2. The Hall–Kier alpha value is -3.11. The van der Waals surface area contributed by atoms with E-state index in [-0.39, 0.29) is 10.8 Å². The molecule has 0 bridgehead atoms. The number of fused-ring (bicyclic) bond motifs is 1. The van der Waals surface area contributed by atoms with Gasteiger partial charge in [0.2, 0.25) is 5.95 Å². The van der Waals surface area contributed by atoms with Crippen LogP contribution in [0.25, 0.3) is 10.9 Å². The van der Waals surface area contributed by atoms with Crippen LogP contribution in [0.15, 0.2) is 36.4 Å². The maximum Gasteiger partial charge on any atom is 0.416 e. The molecule has 3 aromatic rings. The van der Waals surface area contributed by atoms with Gasteiger partial charge in [0, 0.05) is 30.7 Å². The molecule has 0 atom stereocenters. The molecular formula is C24H25ClF3N5O2. The van der Waals surface area contributed by atoms with Gasteiger partial charge in [0.25, 0.3) is 5.91 Å². The molecule has 0 aliphatic carbocycles. The van der Waals surface area contributed by atoms with Crippen molar-refractivity contribution in [2.24, 2.45) is 0 Å². The lowest BCUT2D eigenvalue weighted by molar-refractivity contribution is -0.137. The summed E-state index contributed by atoms with van der Waals surface area (Å²) < 4.78 is 43.6. The van der Waals surface area contributed by atoms with Crippen LogP contribution >= 0.6 is 11.6 Å². The number of aromatic nitrogens is 2. The highest BCUT2D eigenvalue weighted by Gasteiger charge is 2.31. The van der Waals surface area contributed by atoms with Crippen LogP contribution < -0.4 is 15.0 Å². The van der Waals surface area contributed by atoms with E-state index in [9.17, 15) is 18.0 Å². The first kappa shape index (κ1) is 25.0. The second-order valence-corrected chi connectivity index (χ2v) is 8.87. The van der Waals surface area contributed by atoms with Crippen LogP contribution in [-0.4, -0.2) is 60.6 Å². The smallest absolute Gasteiger partial charge is 0.416 e. The molecule has 1 fully saturated rings. The quantitative estimate of drug-likeness (QED) is 0.536. The summed E-state index contributed by atoms with van der Waals surface area (Å²) in [7, 11) is 2.11. The Morgan fingerprint density at radius 3 is 2.66 bits per heavy atom. The number of amides is 1. The molecule has 2 aromatic carbocycles. The van der Waals surface area contributed by atoms with Crippen molar-refractivity contribution in [2.45, 2.75) is 19.5 Å². The van der Waals surface area contributed by atoms with Gasteiger partial charge >= 0.3 is 6.18 Å². The lowest BCUT2D eigenvalue weighted by Gasteiger charge is -2.21. The summed E-state index contributed by atoms with van der Waals surface area (Å²) >= 11 is 5.87. The monoisotopic (exact) mass is 507 g/mol. The molecule has 0 unspecified atom stereocenters. The molecule has 1 saturated heterocycles. The van der Waals surface area contributed by atoms with Crippen LogP contribution in [0.3, 0.4) is 0 Å². The molecule has 2 heterocycles. The summed E-state index contributed by atoms with van der Waals surface area (Å²) in [5, 5.41) is 3.31. The van der Waals surface area contributed by atoms with Crippen molar-refractivity contribution in [3.8, 4) is 5.75 Å². The first-order chi connectivity index (χ1) is 16.6. The molecule has 1 amide bonds. The summed E-state index contributed by atoms with van der Waals surface area (Å²) in [5.74, 6) is 0.206. The van der Waals surface area contributed by atoms with Gasteiger partial charge in [0.15, 0.2) is 6.61 Å². The number of carbonyl (C=O) groups is 1. The number of halogens is 4. The third kappa shape index (κ3) is 6.12. The van der Waals surface area contributed by atoms with E-state index >= 15 is 0 Å². The second kappa shape index (κ2) is 10.2. The fourth-order valence-corrected chi connectivity index (χ4v) is 4.10. The van der Waals surface area contributed by atoms with E-state index in [0.29, 0.717) is 11.6 Å². The van der Waals surface area contributed by atoms with Crippen molar-refractivity contribution < 1.29 is 22.7 Å². The van der Waals surface area contributed by atoms with E-state index in [2.05, 4.69) is 27.1 Å². The average molecular weight is 508 g/mol. The SMILES string of the molecule is Cc1nc(N2CCCN(C)CC2)nc2ccc(NC(=O)COc3ccc(C(F)(F)F)cc3Cl)cc12. The van der Waals surface area contributed by atoms with Crippen molar-refractivity contribution in [1.82, 2.24) is 14.9 Å². The summed E-state index contributed by atoms with van der Waals surface area (Å²) in [6, 6.07) is 8.05. The standard InChI is InChI=1S/C24H25ClF3N5O2/c1-15-18-13-17(5-6-20(18)31-23(29-15)33-9-3-8-32(2)10-11-33)30-22(34)14-35-21-7-4-16(12-19(21)25)24(26,27)28/h4-7,12-13H,3,8-11,14H2,1-2H3,(H,30,34). The highest BCUT2D eigenvalue weighted by Crippen LogP contribution is 2.34. The number of hydrogen-bond donors (Lipinski definition) is 1. The number of rotatable bonds is 5. The number of hydrogen-bond acceptors (Lipinski definition) is 6. The molecule has 0 spiro atoms. The Labute approximate surface area is 205 Å². The number of nitrogens with zero attached hydrogens (tertiary/aromatic N) is 4. The topological polar surface area (TPSA) is 70.6 Å². The van der Waals surface area contributed by atoms with Crippen molar-refractivity contribution in [3.05, 3.63) is 52.7 Å². The molecule has 1 aliphatic rings. The van der Waals surface area contributed by atoms with Gasteiger partial charge in [-0.05, 0) is 63.3 Å². The molecule has 0 saturated carbocycles. The predicted octanol–water partition coefficient (Wildman–Crippen LogP) is 4.77. The van der Waals surface area contributed by atoms with Crippen molar-refractivity contribution in [3.63, 3.8) is 0 Å². The summed E-state index contributed by atoms with van der Waals surface area (Å²) in [4.78, 5) is 26.2. The minimum absolute atomic E-state index is 0.00944. The summed E-state index contributed by atoms with van der Waals surface area (Å²) in [6.07, 6.45) is -3.47. The van der Waals surface area contributed by atoms with Crippen LogP contribution in [0.4, 0.5) is 24.8 Å². The Balaban J connectivity index is 1.42. The number of likely N-dealkylation sites (N-methyl/N-ethyl adjacent to an activating group) is 1. The van der Waals surface area contributed by atoms with Crippen molar-refractivity contribution in [1.29, 1.82) is 0 Å². The van der Waals surface area contributed by atoms with Gasteiger partial charge in [0.1, 0.15) is 5.75 Å². The predicted molar refractivity (Wildman–Crippen MR) is 129 cm³/mol. The minimum Gasteiger partial charge on any atom is -0.482 e. The van der Waals surface area contributed by atoms with E-state index in [0.717, 1.165) is 67.4 Å². The number of carbonyl (C=O) groups excluding carboxylic acids is 1. The first-order valence-corrected chi connectivity index (χ1v) is 11.5. The van der Waals surface area contributed by atoms with Crippen molar-refractivity contribution in [2.75, 3.05) is 50.1 Å². The van der Waals surface area contributed by atoms with E-state index in [4.69, 9.17) is 21.3 Å². The zero-order valence-corrected chi connectivity index (χ0v) is 20.1. The van der Waals surface area contributed by atoms with Gasteiger partial charge in [-0.15, -0.1) is 0 Å². The number of ether oxygens (including phenoxy) is 1. The van der Waals surface area contributed by atoms with Gasteiger partial charge in [-0.1, -0.05) is 11.6 Å². The largest absolute Gasteiger partial charge is 0.482 e. The molecule has 1 aromatic heterocycles. The molecular weight excluding hydrogens is 483 g/mol. The second-order valence-electron chi connectivity index (χ2n) is 8.46. The zero-order valence-electron chi connectivity index (χ0n) is 19.3. The minimum atomic E-state index is -4.51. The van der Waals surface area contributed by atoms with Gasteiger partial charge < -0.3 is 19.9 Å². The van der Waals surface area contributed by atoms with Crippen molar-refractivity contribution >= 4 is 40.0 Å². The van der Waals surface area contributed by atoms with Gasteiger partial charge in [-0.3, -0.25) is 4.79 Å². The Bertz CT molecular complexity index is 1240. The lowest BCUT2D eigenvalue weighted by Crippen LogP contribution is -2.30. The van der Waals surface area contributed by atoms with Crippen LogP contribution in [0, 0.1) is 6.92 Å². The Kier molecular flexibility index (Phi) is 7.32. The lowest BCUT2D eigenvalue weighted by atomic mass is 10.1. The third-order valence-corrected chi connectivity index (χ3v) is 6.07. The van der Waals surface area contributed by atoms with E-state index in [1.165, 1.54) is 0 Å². The molecule has 1 aliphatic heterocycles. The van der Waals surface area contributed by atoms with Crippen LogP contribution in [0.2, 0.25) is 5.02 Å². The first-order valence-electron chi connectivity index (χ1n) is 11.1. The van der Waals surface area contributed by atoms with Gasteiger partial charge in [0.05, 0.1) is 21.8 Å². The molecule has 0 radical (unpaired) electrons. The molecule has 186 valence electrons. The summed E-state index contributed by atoms with van der Waals surface area (Å²) in [5.41, 5.74) is 1.21. The Morgan fingerprint density at radius 2 is 1.91 bits per heavy atom. The number of alkyl halides is 3. The molecule has 4 rings (SSSR count). The van der Waals surface area contributed by atoms with Gasteiger partial charge in [-0.25, -0.2) is 9.97 Å². The molecule has 11 heteroatoms. The fourth-order valence-electron chi connectivity index (χ4n) is 3.87. The molecule has 7 nitrogen and oxygen atoms in total. The maximum atomic E-state index is 12.8. The fraction of sp³-hybridized carbons (Fsp3) is 0.375. The van der Waals surface area contributed by atoms with Crippen LogP contribution in [0.1, 0.15) is 17.7 Å². The van der Waals surface area contributed by atoms with Crippen LogP contribution in [-0.2, 0) is 11.0 Å². The number of anilines is 2. The van der Waals surface area contributed by atoms with Gasteiger partial charge in [-0.2, -0.15) is 13.2 Å². The molecule has 1 N–H and O–H groups in total. The average Bonchev–Trinajstić information content (AvgIpc) is 3.02. The normalized spacial score (nSPS) is 15.2. The van der Waals surface area contributed by atoms with E-state index in [1.54, 1.807) is 12.1 Å². The number of nitrogens with one attached hydrogen (secondary N) is 1. The van der Waals surface area contributed by atoms with E-state index < -0.39 is 24.3 Å². The third-order valence-electron chi connectivity index (χ3n) is 5.78. The van der Waals surface area contributed by atoms with E-state index in [1.807, 2.05) is 13.0 Å². The highest BCUT2D eigenvalue weighted by atomic mass is 35.5.